The lowest BCUT2D eigenvalue weighted by Crippen LogP contribution is -2.63. The van der Waals surface area contributed by atoms with E-state index in [1.807, 2.05) is 6.07 Å². The van der Waals surface area contributed by atoms with E-state index in [-0.39, 0.29) is 25.4 Å². The molecule has 0 unspecified atom stereocenters. The molecule has 1 aliphatic heterocycles. The van der Waals surface area contributed by atoms with E-state index in [2.05, 4.69) is 10.3 Å². The number of amides is 3. The fourth-order valence-corrected chi connectivity index (χ4v) is 4.26. The first kappa shape index (κ1) is 23.9. The predicted octanol–water partition coefficient (Wildman–Crippen LogP) is 3.57. The summed E-state index contributed by atoms with van der Waals surface area (Å²) < 4.78 is 20.0. The Morgan fingerprint density at radius 3 is 2.74 bits per heavy atom. The second-order valence-corrected chi connectivity index (χ2v) is 8.61. The van der Waals surface area contributed by atoms with E-state index < -0.39 is 29.3 Å². The number of anilines is 2. The molecule has 0 spiro atoms. The van der Waals surface area contributed by atoms with Gasteiger partial charge in [0, 0.05) is 36.3 Å². The number of benzene rings is 2. The summed E-state index contributed by atoms with van der Waals surface area (Å²) >= 11 is 0. The molecule has 3 aromatic rings. The highest BCUT2D eigenvalue weighted by Crippen LogP contribution is 2.41. The van der Waals surface area contributed by atoms with Gasteiger partial charge >= 0.3 is 6.09 Å². The van der Waals surface area contributed by atoms with Crippen molar-refractivity contribution in [1.82, 2.24) is 10.3 Å². The number of hydrogen-bond acceptors (Lipinski definition) is 5. The van der Waals surface area contributed by atoms with E-state index >= 15 is 0 Å². The number of carbonyl (C=O) groups excluding carboxylic acids is 2. The van der Waals surface area contributed by atoms with Gasteiger partial charge in [0.1, 0.15) is 17.1 Å². The van der Waals surface area contributed by atoms with Crippen molar-refractivity contribution in [1.29, 1.82) is 0 Å². The Kier molecular flexibility index (Phi) is 6.54. The minimum atomic E-state index is -1.28. The molecule has 0 fully saturated rings. The highest BCUT2D eigenvalue weighted by atomic mass is 19.1. The first-order valence-corrected chi connectivity index (χ1v) is 11.1. The number of rotatable bonds is 7. The van der Waals surface area contributed by atoms with Crippen molar-refractivity contribution in [3.8, 4) is 5.75 Å². The second-order valence-electron chi connectivity index (χ2n) is 8.61. The number of hydrogen-bond donors (Lipinski definition) is 2. The molecule has 10 heteroatoms. The summed E-state index contributed by atoms with van der Waals surface area (Å²) in [6.07, 6.45) is 2.48. The van der Waals surface area contributed by atoms with E-state index in [9.17, 15) is 18.8 Å². The molecule has 0 atom stereocenters. The molecule has 2 N–H and O–H groups in total. The van der Waals surface area contributed by atoms with Crippen LogP contribution in [0.25, 0.3) is 10.8 Å². The number of aromatic nitrogens is 1. The quantitative estimate of drug-likeness (QED) is 0.500. The van der Waals surface area contributed by atoms with Gasteiger partial charge in [-0.2, -0.15) is 0 Å². The topological polar surface area (TPSA) is 112 Å². The summed E-state index contributed by atoms with van der Waals surface area (Å²) in [6, 6.07) is 11.1. The Morgan fingerprint density at radius 2 is 1.97 bits per heavy atom. The summed E-state index contributed by atoms with van der Waals surface area (Å²) in [5.41, 5.74) is -0.666. The molecule has 35 heavy (non-hydrogen) atoms. The van der Waals surface area contributed by atoms with Crippen molar-refractivity contribution >= 4 is 40.1 Å². The third-order valence-corrected chi connectivity index (χ3v) is 5.87. The smallest absolute Gasteiger partial charge is 0.404 e. The van der Waals surface area contributed by atoms with Crippen LogP contribution in [0.15, 0.2) is 54.9 Å². The first-order valence-electron chi connectivity index (χ1n) is 11.1. The molecule has 0 radical (unpaired) electrons. The average molecular weight is 480 g/mol. The number of ether oxygens (including phenoxy) is 1. The van der Waals surface area contributed by atoms with Gasteiger partial charge in [-0.15, -0.1) is 0 Å². The lowest BCUT2D eigenvalue weighted by atomic mass is 9.94. The number of halogens is 1. The number of nitrogens with zero attached hydrogens (tertiary/aromatic N) is 3. The van der Waals surface area contributed by atoms with Gasteiger partial charge in [0.25, 0.3) is 11.8 Å². The fraction of sp³-hybridized carbons (Fsp3) is 0.280. The Bertz CT molecular complexity index is 1290. The molecular weight excluding hydrogens is 455 g/mol. The zero-order chi connectivity index (χ0) is 25.2. The van der Waals surface area contributed by atoms with E-state index in [0.717, 1.165) is 10.8 Å². The third kappa shape index (κ3) is 4.72. The van der Waals surface area contributed by atoms with Crippen LogP contribution in [0.5, 0.6) is 5.75 Å². The minimum Gasteiger partial charge on any atom is -0.483 e. The molecule has 182 valence electrons. The first-order chi connectivity index (χ1) is 16.7. The molecule has 9 nitrogen and oxygen atoms in total. The van der Waals surface area contributed by atoms with Crippen molar-refractivity contribution in [2.75, 3.05) is 29.5 Å². The van der Waals surface area contributed by atoms with Crippen LogP contribution in [-0.2, 0) is 9.59 Å². The lowest BCUT2D eigenvalue weighted by molar-refractivity contribution is -0.129. The SMILES string of the molecule is CC1(C)C(=O)N(CCCNC(=O)O)c2cc(F)ccc2N1C(=O)COc1cccc2cnccc12. The van der Waals surface area contributed by atoms with Crippen molar-refractivity contribution in [2.24, 2.45) is 0 Å². The Labute approximate surface area is 201 Å². The van der Waals surface area contributed by atoms with Crippen LogP contribution in [0.1, 0.15) is 20.3 Å². The van der Waals surface area contributed by atoms with Gasteiger partial charge in [0.05, 0.1) is 11.4 Å². The van der Waals surface area contributed by atoms with Gasteiger partial charge in [0.15, 0.2) is 6.61 Å². The van der Waals surface area contributed by atoms with Gasteiger partial charge < -0.3 is 20.1 Å². The van der Waals surface area contributed by atoms with Crippen molar-refractivity contribution in [3.63, 3.8) is 0 Å². The normalized spacial score (nSPS) is 14.5. The molecule has 1 aromatic heterocycles. The molecule has 3 amide bonds. The van der Waals surface area contributed by atoms with Crippen LogP contribution in [0, 0.1) is 5.82 Å². The number of carbonyl (C=O) groups is 3. The summed E-state index contributed by atoms with van der Waals surface area (Å²) in [4.78, 5) is 44.4. The second kappa shape index (κ2) is 9.57. The Balaban J connectivity index is 1.61. The summed E-state index contributed by atoms with van der Waals surface area (Å²) in [5.74, 6) is -0.922. The van der Waals surface area contributed by atoms with E-state index in [4.69, 9.17) is 9.84 Å². The maximum atomic E-state index is 14.2. The molecular formula is C25H25FN4O5. The number of nitrogens with one attached hydrogen (secondary N) is 1. The van der Waals surface area contributed by atoms with Crippen LogP contribution in [0.4, 0.5) is 20.6 Å². The molecule has 4 rings (SSSR count). The maximum Gasteiger partial charge on any atom is 0.404 e. The van der Waals surface area contributed by atoms with Gasteiger partial charge in [-0.25, -0.2) is 9.18 Å². The predicted molar refractivity (Wildman–Crippen MR) is 128 cm³/mol. The van der Waals surface area contributed by atoms with Crippen molar-refractivity contribution in [3.05, 3.63) is 60.7 Å². The molecule has 2 aromatic carbocycles. The highest BCUT2D eigenvalue weighted by Gasteiger charge is 2.47. The zero-order valence-corrected chi connectivity index (χ0v) is 19.3. The fourth-order valence-electron chi connectivity index (χ4n) is 4.26. The van der Waals surface area contributed by atoms with Gasteiger partial charge in [-0.05, 0) is 50.6 Å². The van der Waals surface area contributed by atoms with Crippen molar-refractivity contribution in [2.45, 2.75) is 25.8 Å². The van der Waals surface area contributed by atoms with Crippen molar-refractivity contribution < 1.29 is 28.6 Å². The number of fused-ring (bicyclic) bond motifs is 2. The third-order valence-electron chi connectivity index (χ3n) is 5.87. The standard InChI is InChI=1S/C25H25FN4O5/c1-25(2)23(32)29(12-4-10-28-24(33)34)20-13-17(26)7-8-19(20)30(25)22(31)15-35-21-6-3-5-16-14-27-11-9-18(16)21/h3,5-9,11,13-14,28H,4,10,12,15H2,1-2H3,(H,33,34). The van der Waals surface area contributed by atoms with E-state index in [1.165, 1.54) is 28.0 Å². The van der Waals surface area contributed by atoms with Crippen LogP contribution in [0.2, 0.25) is 0 Å². The maximum absolute atomic E-state index is 14.2. The van der Waals surface area contributed by atoms with Crippen LogP contribution in [-0.4, -0.2) is 53.2 Å². The number of pyridine rings is 1. The van der Waals surface area contributed by atoms with Gasteiger partial charge in [0.2, 0.25) is 0 Å². The Hall–Kier alpha value is -4.21. The molecule has 2 heterocycles. The summed E-state index contributed by atoms with van der Waals surface area (Å²) in [5, 5.41) is 12.7. The van der Waals surface area contributed by atoms with E-state index in [1.54, 1.807) is 44.4 Å². The monoisotopic (exact) mass is 480 g/mol. The van der Waals surface area contributed by atoms with E-state index in [0.29, 0.717) is 17.9 Å². The van der Waals surface area contributed by atoms with Gasteiger partial charge in [-0.3, -0.25) is 19.5 Å². The number of carboxylic acid groups (broad SMARTS) is 1. The van der Waals surface area contributed by atoms with Crippen LogP contribution < -0.4 is 19.9 Å². The average Bonchev–Trinajstić information content (AvgIpc) is 2.82. The largest absolute Gasteiger partial charge is 0.483 e. The Morgan fingerprint density at radius 1 is 1.17 bits per heavy atom. The highest BCUT2D eigenvalue weighted by molar-refractivity contribution is 6.15. The minimum absolute atomic E-state index is 0.126. The van der Waals surface area contributed by atoms with Crippen LogP contribution in [0.3, 0.4) is 0 Å². The molecule has 0 aliphatic carbocycles. The van der Waals surface area contributed by atoms with Crippen LogP contribution >= 0.6 is 0 Å². The lowest BCUT2D eigenvalue weighted by Gasteiger charge is -2.46. The molecule has 0 bridgehead atoms. The van der Waals surface area contributed by atoms with Gasteiger partial charge in [-0.1, -0.05) is 12.1 Å². The summed E-state index contributed by atoms with van der Waals surface area (Å²) in [6.45, 7) is 3.18. The summed E-state index contributed by atoms with van der Waals surface area (Å²) in [7, 11) is 0. The molecule has 0 saturated carbocycles. The zero-order valence-electron chi connectivity index (χ0n) is 19.3. The molecule has 0 saturated heterocycles. The molecule has 1 aliphatic rings.